The van der Waals surface area contributed by atoms with Crippen molar-refractivity contribution >= 4 is 37.5 Å². The second kappa shape index (κ2) is 6.72. The Balaban J connectivity index is 2.32. The third kappa shape index (κ3) is 3.61. The lowest BCUT2D eigenvalue weighted by molar-refractivity contribution is 0.620. The van der Waals surface area contributed by atoms with Crippen LogP contribution in [-0.2, 0) is 0 Å². The maximum absolute atomic E-state index is 13.4. The Kier molecular flexibility index (Phi) is 5.22. The van der Waals surface area contributed by atoms with Gasteiger partial charge >= 0.3 is 0 Å². The van der Waals surface area contributed by atoms with Crippen molar-refractivity contribution in [3.8, 4) is 0 Å². The van der Waals surface area contributed by atoms with E-state index in [1.54, 1.807) is 12.1 Å². The average molecular weight is 401 g/mol. The second-order valence-corrected chi connectivity index (χ2v) is 6.47. The molecule has 0 saturated heterocycles. The summed E-state index contributed by atoms with van der Waals surface area (Å²) in [6, 6.07) is 10.9. The number of aryl methyl sites for hydroxylation is 1. The highest BCUT2D eigenvalue weighted by Crippen LogP contribution is 2.35. The molecule has 0 fully saturated rings. The third-order valence-electron chi connectivity index (χ3n) is 3.16. The van der Waals surface area contributed by atoms with Crippen LogP contribution in [0.1, 0.15) is 30.5 Å². The minimum atomic E-state index is -0.204. The van der Waals surface area contributed by atoms with Crippen LogP contribution in [0.2, 0.25) is 0 Å². The van der Waals surface area contributed by atoms with Gasteiger partial charge in [0.25, 0.3) is 0 Å². The first-order valence-corrected chi connectivity index (χ1v) is 8.07. The zero-order chi connectivity index (χ0) is 14.7. The summed E-state index contributed by atoms with van der Waals surface area (Å²) in [4.78, 5) is 0. The van der Waals surface area contributed by atoms with Gasteiger partial charge in [-0.3, -0.25) is 0 Å². The minimum absolute atomic E-state index is 0.0704. The molecule has 0 spiro atoms. The van der Waals surface area contributed by atoms with E-state index in [1.165, 1.54) is 11.6 Å². The Morgan fingerprint density at radius 2 is 1.80 bits per heavy atom. The molecule has 20 heavy (non-hydrogen) atoms. The largest absolute Gasteiger partial charge is 0.376 e. The van der Waals surface area contributed by atoms with Gasteiger partial charge in [0.15, 0.2) is 0 Å². The molecule has 106 valence electrons. The van der Waals surface area contributed by atoms with E-state index in [-0.39, 0.29) is 11.9 Å². The van der Waals surface area contributed by atoms with E-state index in [4.69, 9.17) is 0 Å². The van der Waals surface area contributed by atoms with Crippen LogP contribution in [0.5, 0.6) is 0 Å². The van der Waals surface area contributed by atoms with Crippen LogP contribution in [0.15, 0.2) is 45.3 Å². The van der Waals surface area contributed by atoms with Gasteiger partial charge < -0.3 is 5.32 Å². The van der Waals surface area contributed by atoms with Crippen molar-refractivity contribution < 1.29 is 4.39 Å². The molecule has 0 aromatic heterocycles. The molecule has 1 unspecified atom stereocenters. The lowest BCUT2D eigenvalue weighted by Crippen LogP contribution is -2.11. The first-order chi connectivity index (χ1) is 9.51. The lowest BCUT2D eigenvalue weighted by atomic mass is 10.0. The van der Waals surface area contributed by atoms with Crippen LogP contribution in [0, 0.1) is 12.7 Å². The van der Waals surface area contributed by atoms with Gasteiger partial charge in [0.05, 0.1) is 11.7 Å². The summed E-state index contributed by atoms with van der Waals surface area (Å²) in [5.74, 6) is -0.204. The molecule has 1 N–H and O–H groups in total. The Morgan fingerprint density at radius 1 is 1.15 bits per heavy atom. The number of rotatable bonds is 4. The van der Waals surface area contributed by atoms with Gasteiger partial charge in [0.2, 0.25) is 0 Å². The van der Waals surface area contributed by atoms with Crippen molar-refractivity contribution in [2.45, 2.75) is 26.3 Å². The quantitative estimate of drug-likeness (QED) is 0.641. The van der Waals surface area contributed by atoms with E-state index in [0.717, 1.165) is 26.6 Å². The summed E-state index contributed by atoms with van der Waals surface area (Å²) in [6.07, 6.45) is 0.871. The Hall–Kier alpha value is -0.870. The zero-order valence-corrected chi connectivity index (χ0v) is 14.6. The van der Waals surface area contributed by atoms with Gasteiger partial charge in [-0.2, -0.15) is 0 Å². The van der Waals surface area contributed by atoms with Crippen LogP contribution in [0.3, 0.4) is 0 Å². The van der Waals surface area contributed by atoms with Crippen LogP contribution in [-0.4, -0.2) is 0 Å². The molecule has 2 aromatic rings. The molecule has 0 heterocycles. The number of nitrogens with one attached hydrogen (secondary N) is 1. The van der Waals surface area contributed by atoms with Crippen LogP contribution < -0.4 is 5.32 Å². The fourth-order valence-electron chi connectivity index (χ4n) is 2.16. The van der Waals surface area contributed by atoms with Gasteiger partial charge in [-0.25, -0.2) is 4.39 Å². The summed E-state index contributed by atoms with van der Waals surface area (Å²) in [7, 11) is 0. The zero-order valence-electron chi connectivity index (χ0n) is 11.4. The summed E-state index contributed by atoms with van der Waals surface area (Å²) < 4.78 is 15.4. The van der Waals surface area contributed by atoms with Gasteiger partial charge in [-0.05, 0) is 80.6 Å². The fraction of sp³-hybridized carbons (Fsp3) is 0.250. The smallest absolute Gasteiger partial charge is 0.123 e. The minimum Gasteiger partial charge on any atom is -0.376 e. The molecule has 0 aliphatic carbocycles. The van der Waals surface area contributed by atoms with E-state index >= 15 is 0 Å². The molecule has 1 nitrogen and oxygen atoms in total. The van der Waals surface area contributed by atoms with Crippen molar-refractivity contribution in [1.29, 1.82) is 0 Å². The predicted molar refractivity (Wildman–Crippen MR) is 89.6 cm³/mol. The van der Waals surface area contributed by atoms with Crippen molar-refractivity contribution in [2.75, 3.05) is 5.32 Å². The van der Waals surface area contributed by atoms with Crippen molar-refractivity contribution in [3.63, 3.8) is 0 Å². The van der Waals surface area contributed by atoms with Crippen LogP contribution in [0.25, 0.3) is 0 Å². The molecule has 0 aliphatic heterocycles. The highest BCUT2D eigenvalue weighted by molar-refractivity contribution is 9.11. The van der Waals surface area contributed by atoms with Gasteiger partial charge in [-0.1, -0.05) is 19.1 Å². The standard InChI is InChI=1S/C16H16Br2FN/c1-3-15(11-5-4-6-12(19)9-11)20-16-13(17)7-10(2)8-14(16)18/h4-9,15,20H,3H2,1-2H3. The topological polar surface area (TPSA) is 12.0 Å². The highest BCUT2D eigenvalue weighted by atomic mass is 79.9. The normalized spacial score (nSPS) is 12.2. The molecule has 0 bridgehead atoms. The van der Waals surface area contributed by atoms with Crippen molar-refractivity contribution in [3.05, 3.63) is 62.3 Å². The van der Waals surface area contributed by atoms with Gasteiger partial charge in [0, 0.05) is 8.95 Å². The summed E-state index contributed by atoms with van der Waals surface area (Å²) in [5.41, 5.74) is 3.12. The predicted octanol–water partition coefficient (Wildman–Crippen LogP) is 6.22. The third-order valence-corrected chi connectivity index (χ3v) is 4.42. The van der Waals surface area contributed by atoms with E-state index in [1.807, 2.05) is 13.0 Å². The molecule has 0 aliphatic rings. The maximum atomic E-state index is 13.4. The van der Waals surface area contributed by atoms with Crippen LogP contribution >= 0.6 is 31.9 Å². The lowest BCUT2D eigenvalue weighted by Gasteiger charge is -2.21. The van der Waals surface area contributed by atoms with Crippen molar-refractivity contribution in [1.82, 2.24) is 0 Å². The molecule has 0 radical (unpaired) electrons. The van der Waals surface area contributed by atoms with E-state index < -0.39 is 0 Å². The summed E-state index contributed by atoms with van der Waals surface area (Å²) >= 11 is 7.15. The second-order valence-electron chi connectivity index (χ2n) is 4.76. The Bertz CT molecular complexity index is 590. The SMILES string of the molecule is CCC(Nc1c(Br)cc(C)cc1Br)c1cccc(F)c1. The monoisotopic (exact) mass is 399 g/mol. The molecule has 2 aromatic carbocycles. The Morgan fingerprint density at radius 3 is 2.35 bits per heavy atom. The number of anilines is 1. The molecular weight excluding hydrogens is 385 g/mol. The van der Waals surface area contributed by atoms with E-state index in [9.17, 15) is 4.39 Å². The highest BCUT2D eigenvalue weighted by Gasteiger charge is 2.14. The fourth-order valence-corrected chi connectivity index (χ4v) is 3.80. The van der Waals surface area contributed by atoms with Crippen LogP contribution in [0.4, 0.5) is 10.1 Å². The Labute approximate surface area is 135 Å². The van der Waals surface area contributed by atoms with Crippen molar-refractivity contribution in [2.24, 2.45) is 0 Å². The van der Waals surface area contributed by atoms with Gasteiger partial charge in [0.1, 0.15) is 5.82 Å². The molecule has 0 saturated carbocycles. The number of benzene rings is 2. The molecular formula is C16H16Br2FN. The molecule has 4 heteroatoms. The summed E-state index contributed by atoms with van der Waals surface area (Å²) in [5, 5.41) is 3.48. The molecule has 0 amide bonds. The maximum Gasteiger partial charge on any atom is 0.123 e. The number of hydrogen-bond donors (Lipinski definition) is 1. The first kappa shape index (κ1) is 15.5. The summed E-state index contributed by atoms with van der Waals surface area (Å²) in [6.45, 7) is 4.13. The molecule has 2 rings (SSSR count). The average Bonchev–Trinajstić information content (AvgIpc) is 2.38. The number of hydrogen-bond acceptors (Lipinski definition) is 1. The van der Waals surface area contributed by atoms with E-state index in [0.29, 0.717) is 0 Å². The number of halogens is 3. The van der Waals surface area contributed by atoms with Gasteiger partial charge in [-0.15, -0.1) is 0 Å². The van der Waals surface area contributed by atoms with E-state index in [2.05, 4.69) is 56.2 Å². The molecule has 1 atom stereocenters. The first-order valence-electron chi connectivity index (χ1n) is 6.49.